The molecule has 0 radical (unpaired) electrons. The third-order valence-corrected chi connectivity index (χ3v) is 3.77. The number of aliphatic hydroxyl groups is 1. The molecule has 0 bridgehead atoms. The monoisotopic (exact) mass is 277 g/mol. The van der Waals surface area contributed by atoms with Crippen LogP contribution in [0.3, 0.4) is 0 Å². The van der Waals surface area contributed by atoms with Crippen molar-refractivity contribution >= 4 is 11.9 Å². The zero-order valence-corrected chi connectivity index (χ0v) is 10.7. The van der Waals surface area contributed by atoms with Gasteiger partial charge in [-0.15, -0.1) is 0 Å². The van der Waals surface area contributed by atoms with Crippen molar-refractivity contribution in [1.82, 2.24) is 4.90 Å². The molecular weight excluding hydrogens is 262 g/mol. The van der Waals surface area contributed by atoms with E-state index in [9.17, 15) is 14.7 Å². The molecule has 1 aromatic carbocycles. The lowest BCUT2D eigenvalue weighted by Crippen LogP contribution is -2.47. The molecule has 106 valence electrons. The van der Waals surface area contributed by atoms with Crippen molar-refractivity contribution in [3.63, 3.8) is 0 Å². The number of carboxylic acid groups (broad SMARTS) is 1. The van der Waals surface area contributed by atoms with Crippen LogP contribution in [0, 0.1) is 0 Å². The van der Waals surface area contributed by atoms with E-state index in [1.165, 1.54) is 4.90 Å². The lowest BCUT2D eigenvalue weighted by molar-refractivity contribution is -0.150. The SMILES string of the molecule is O=C(O)[C@H]1C[C@@H](O)CN1C(=O)C1Cc2ccccc2O1. The molecule has 2 aliphatic rings. The normalized spacial score (nSPS) is 28.1. The second kappa shape index (κ2) is 4.79. The molecule has 0 aliphatic carbocycles. The smallest absolute Gasteiger partial charge is 0.326 e. The first-order valence-corrected chi connectivity index (χ1v) is 6.52. The summed E-state index contributed by atoms with van der Waals surface area (Å²) < 4.78 is 5.58. The van der Waals surface area contributed by atoms with E-state index in [4.69, 9.17) is 9.84 Å². The van der Waals surface area contributed by atoms with Gasteiger partial charge in [-0.2, -0.15) is 0 Å². The number of carboxylic acids is 1. The Morgan fingerprint density at radius 1 is 1.30 bits per heavy atom. The van der Waals surface area contributed by atoms with Gasteiger partial charge in [-0.25, -0.2) is 4.79 Å². The number of amides is 1. The van der Waals surface area contributed by atoms with Crippen LogP contribution in [0.1, 0.15) is 12.0 Å². The van der Waals surface area contributed by atoms with Gasteiger partial charge in [0.1, 0.15) is 11.8 Å². The van der Waals surface area contributed by atoms with Gasteiger partial charge in [-0.05, 0) is 11.6 Å². The van der Waals surface area contributed by atoms with E-state index in [-0.39, 0.29) is 18.9 Å². The molecule has 2 N–H and O–H groups in total. The lowest BCUT2D eigenvalue weighted by atomic mass is 10.1. The number of rotatable bonds is 2. The van der Waals surface area contributed by atoms with Gasteiger partial charge in [0.05, 0.1) is 6.10 Å². The number of β-amino-alcohol motifs (C(OH)–C–C–N with tert-alkyl or cyclic N) is 1. The Labute approximate surface area is 115 Å². The summed E-state index contributed by atoms with van der Waals surface area (Å²) in [7, 11) is 0. The van der Waals surface area contributed by atoms with Gasteiger partial charge in [-0.1, -0.05) is 18.2 Å². The van der Waals surface area contributed by atoms with Crippen molar-refractivity contribution in [1.29, 1.82) is 0 Å². The van der Waals surface area contributed by atoms with Crippen LogP contribution >= 0.6 is 0 Å². The number of aliphatic hydroxyl groups excluding tert-OH is 1. The van der Waals surface area contributed by atoms with Crippen LogP contribution < -0.4 is 4.74 Å². The summed E-state index contributed by atoms with van der Waals surface area (Å²) in [6.45, 7) is 0.0476. The maximum Gasteiger partial charge on any atom is 0.326 e. The maximum absolute atomic E-state index is 12.4. The molecular formula is C14H15NO5. The zero-order chi connectivity index (χ0) is 14.3. The van der Waals surface area contributed by atoms with E-state index in [2.05, 4.69) is 0 Å². The van der Waals surface area contributed by atoms with Crippen molar-refractivity contribution < 1.29 is 24.5 Å². The Hall–Kier alpha value is -2.08. The molecule has 1 aromatic rings. The van der Waals surface area contributed by atoms with Gasteiger partial charge in [0.15, 0.2) is 6.10 Å². The van der Waals surface area contributed by atoms with Crippen molar-refractivity contribution in [2.75, 3.05) is 6.54 Å². The average molecular weight is 277 g/mol. The van der Waals surface area contributed by atoms with Crippen LogP contribution in [0.4, 0.5) is 0 Å². The number of fused-ring (bicyclic) bond motifs is 1. The van der Waals surface area contributed by atoms with Crippen molar-refractivity contribution in [2.45, 2.75) is 31.1 Å². The van der Waals surface area contributed by atoms with Crippen LogP contribution in [-0.4, -0.2) is 51.8 Å². The highest BCUT2D eigenvalue weighted by Crippen LogP contribution is 2.30. The van der Waals surface area contributed by atoms with Gasteiger partial charge in [0.25, 0.3) is 5.91 Å². The fourth-order valence-electron chi connectivity index (χ4n) is 2.80. The third-order valence-electron chi connectivity index (χ3n) is 3.77. The summed E-state index contributed by atoms with van der Waals surface area (Å²) >= 11 is 0. The van der Waals surface area contributed by atoms with E-state index in [1.54, 1.807) is 6.07 Å². The topological polar surface area (TPSA) is 87.1 Å². The maximum atomic E-state index is 12.4. The van der Waals surface area contributed by atoms with E-state index in [0.717, 1.165) is 5.56 Å². The van der Waals surface area contributed by atoms with Gasteiger partial charge in [0.2, 0.25) is 0 Å². The molecule has 1 saturated heterocycles. The Morgan fingerprint density at radius 2 is 2.05 bits per heavy atom. The van der Waals surface area contributed by atoms with Crippen LogP contribution in [0.15, 0.2) is 24.3 Å². The minimum Gasteiger partial charge on any atom is -0.480 e. The first kappa shape index (κ1) is 12.9. The minimum atomic E-state index is -1.09. The van der Waals surface area contributed by atoms with Crippen molar-refractivity contribution in [3.8, 4) is 5.75 Å². The van der Waals surface area contributed by atoms with Crippen LogP contribution in [-0.2, 0) is 16.0 Å². The number of hydrogen-bond donors (Lipinski definition) is 2. The number of hydrogen-bond acceptors (Lipinski definition) is 4. The first-order chi connectivity index (χ1) is 9.56. The highest BCUT2D eigenvalue weighted by atomic mass is 16.5. The van der Waals surface area contributed by atoms with Gasteiger partial charge in [0, 0.05) is 19.4 Å². The second-order valence-corrected chi connectivity index (χ2v) is 5.15. The molecule has 1 fully saturated rings. The van der Waals surface area contributed by atoms with Gasteiger partial charge < -0.3 is 19.8 Å². The van der Waals surface area contributed by atoms with Crippen LogP contribution in [0.25, 0.3) is 0 Å². The molecule has 1 amide bonds. The predicted molar refractivity (Wildman–Crippen MR) is 68.3 cm³/mol. The minimum absolute atomic E-state index is 0.0476. The molecule has 1 unspecified atom stereocenters. The number of likely N-dealkylation sites (tertiary alicyclic amines) is 1. The molecule has 6 nitrogen and oxygen atoms in total. The largest absolute Gasteiger partial charge is 0.480 e. The Morgan fingerprint density at radius 3 is 2.75 bits per heavy atom. The standard InChI is InChI=1S/C14H15NO5/c16-9-6-10(14(18)19)15(7-9)13(17)12-5-8-3-1-2-4-11(8)20-12/h1-4,9-10,12,16H,5-7H2,(H,18,19)/t9-,10-,12?/m1/s1. The fraction of sp³-hybridized carbons (Fsp3) is 0.429. The number of carbonyl (C=O) groups excluding carboxylic acids is 1. The van der Waals surface area contributed by atoms with Gasteiger partial charge >= 0.3 is 5.97 Å². The summed E-state index contributed by atoms with van der Waals surface area (Å²) in [5.41, 5.74) is 0.942. The predicted octanol–water partition coefficient (Wildman–Crippen LogP) is 0.0365. The molecule has 6 heteroatoms. The number of aliphatic carboxylic acids is 1. The lowest BCUT2D eigenvalue weighted by Gasteiger charge is -2.24. The second-order valence-electron chi connectivity index (χ2n) is 5.15. The fourth-order valence-corrected chi connectivity index (χ4v) is 2.80. The first-order valence-electron chi connectivity index (χ1n) is 6.52. The zero-order valence-electron chi connectivity index (χ0n) is 10.7. The highest BCUT2D eigenvalue weighted by molar-refractivity contribution is 5.88. The molecule has 0 aromatic heterocycles. The summed E-state index contributed by atoms with van der Waals surface area (Å²) in [6.07, 6.45) is -0.974. The van der Waals surface area contributed by atoms with Gasteiger partial charge in [-0.3, -0.25) is 4.79 Å². The molecule has 2 aliphatic heterocycles. The Bertz CT molecular complexity index is 533. The van der Waals surface area contributed by atoms with E-state index in [0.29, 0.717) is 12.2 Å². The molecule has 20 heavy (non-hydrogen) atoms. The molecule has 2 heterocycles. The van der Waals surface area contributed by atoms with E-state index >= 15 is 0 Å². The van der Waals surface area contributed by atoms with E-state index < -0.39 is 24.2 Å². The Balaban J connectivity index is 1.76. The summed E-state index contributed by atoms with van der Waals surface area (Å²) in [6, 6.07) is 6.40. The summed E-state index contributed by atoms with van der Waals surface area (Å²) in [4.78, 5) is 24.8. The summed E-state index contributed by atoms with van der Waals surface area (Å²) in [5.74, 6) is -0.798. The highest BCUT2D eigenvalue weighted by Gasteiger charge is 2.43. The number of ether oxygens (including phenoxy) is 1. The molecule has 3 rings (SSSR count). The number of carbonyl (C=O) groups is 2. The third kappa shape index (κ3) is 2.12. The molecule has 0 saturated carbocycles. The quantitative estimate of drug-likeness (QED) is 0.797. The Kier molecular flexibility index (Phi) is 3.10. The van der Waals surface area contributed by atoms with E-state index in [1.807, 2.05) is 18.2 Å². The summed E-state index contributed by atoms with van der Waals surface area (Å²) in [5, 5.41) is 18.7. The average Bonchev–Trinajstić information content (AvgIpc) is 3.01. The molecule has 0 spiro atoms. The number of para-hydroxylation sites is 1. The number of benzene rings is 1. The van der Waals surface area contributed by atoms with Crippen LogP contribution in [0.2, 0.25) is 0 Å². The number of nitrogens with zero attached hydrogens (tertiary/aromatic N) is 1. The van der Waals surface area contributed by atoms with Crippen LogP contribution in [0.5, 0.6) is 5.75 Å². The van der Waals surface area contributed by atoms with Crippen molar-refractivity contribution in [3.05, 3.63) is 29.8 Å². The molecule has 3 atom stereocenters. The van der Waals surface area contributed by atoms with Crippen molar-refractivity contribution in [2.24, 2.45) is 0 Å².